The number of fused-ring (bicyclic) bond motifs is 2. The van der Waals surface area contributed by atoms with Gasteiger partial charge in [-0.3, -0.25) is 0 Å². The first-order valence-electron chi connectivity index (χ1n) is 7.52. The van der Waals surface area contributed by atoms with Crippen molar-refractivity contribution in [3.05, 3.63) is 0 Å². The summed E-state index contributed by atoms with van der Waals surface area (Å²) in [7, 11) is 2.28. The molecular weight excluding hydrogens is 272 g/mol. The van der Waals surface area contributed by atoms with Crippen LogP contribution in [0.3, 0.4) is 0 Å². The highest BCUT2D eigenvalue weighted by atomic mass is 32.1. The Morgan fingerprint density at radius 2 is 2.10 bits per heavy atom. The van der Waals surface area contributed by atoms with Crippen LogP contribution in [0.4, 0.5) is 10.8 Å². The first kappa shape index (κ1) is 13.9. The van der Waals surface area contributed by atoms with Crippen LogP contribution in [0.1, 0.15) is 32.6 Å². The highest BCUT2D eigenvalue weighted by Gasteiger charge is 2.38. The van der Waals surface area contributed by atoms with Crippen LogP contribution >= 0.6 is 11.5 Å². The van der Waals surface area contributed by atoms with E-state index < -0.39 is 0 Å². The molecule has 2 unspecified atom stereocenters. The van der Waals surface area contributed by atoms with E-state index in [2.05, 4.69) is 21.6 Å². The lowest BCUT2D eigenvalue weighted by Crippen LogP contribution is -2.41. The zero-order chi connectivity index (χ0) is 14.1. The predicted octanol–water partition coefficient (Wildman–Crippen LogP) is 2.41. The van der Waals surface area contributed by atoms with Crippen molar-refractivity contribution in [2.75, 3.05) is 31.2 Å². The Morgan fingerprint density at radius 3 is 2.75 bits per heavy atom. The smallest absolute Gasteiger partial charge is 0.197 e. The van der Waals surface area contributed by atoms with Crippen molar-refractivity contribution < 1.29 is 4.74 Å². The summed E-state index contributed by atoms with van der Waals surface area (Å²) in [6.45, 7) is 3.59. The maximum absolute atomic E-state index is 5.84. The minimum absolute atomic E-state index is 0.503. The van der Waals surface area contributed by atoms with Gasteiger partial charge < -0.3 is 20.7 Å². The van der Waals surface area contributed by atoms with Crippen molar-refractivity contribution in [2.45, 2.75) is 44.7 Å². The molecule has 1 aromatic heterocycles. The van der Waals surface area contributed by atoms with Gasteiger partial charge in [0.05, 0.1) is 6.61 Å². The van der Waals surface area contributed by atoms with Crippen molar-refractivity contribution in [1.29, 1.82) is 0 Å². The van der Waals surface area contributed by atoms with E-state index in [0.29, 0.717) is 12.4 Å². The zero-order valence-corrected chi connectivity index (χ0v) is 13.1. The molecule has 2 bridgehead atoms. The van der Waals surface area contributed by atoms with Crippen molar-refractivity contribution in [3.8, 4) is 5.75 Å². The second-order valence-corrected chi connectivity index (χ2v) is 6.70. The summed E-state index contributed by atoms with van der Waals surface area (Å²) in [6, 6.07) is 1.58. The third-order valence-corrected chi connectivity index (χ3v) is 5.51. The summed E-state index contributed by atoms with van der Waals surface area (Å²) in [5.74, 6) is 1.98. The van der Waals surface area contributed by atoms with Crippen LogP contribution in [-0.2, 0) is 0 Å². The molecule has 3 N–H and O–H groups in total. The highest BCUT2D eigenvalue weighted by Crippen LogP contribution is 2.39. The Labute approximate surface area is 124 Å². The fourth-order valence-corrected chi connectivity index (χ4v) is 4.29. The molecule has 0 aliphatic carbocycles. The van der Waals surface area contributed by atoms with Gasteiger partial charge in [-0.15, -0.1) is 0 Å². The molecule has 6 heteroatoms. The number of nitrogens with two attached hydrogens (primary N) is 1. The van der Waals surface area contributed by atoms with E-state index in [1.54, 1.807) is 0 Å². The number of hydrogen-bond donors (Lipinski definition) is 2. The SMILES string of the molecule is CCOc1c(N)nsc1NCC1CC2CCC(C1)N2C. The van der Waals surface area contributed by atoms with E-state index in [0.717, 1.165) is 35.3 Å². The average molecular weight is 296 g/mol. The first-order chi connectivity index (χ1) is 9.69. The fourth-order valence-electron chi connectivity index (χ4n) is 3.62. The van der Waals surface area contributed by atoms with E-state index >= 15 is 0 Å². The van der Waals surface area contributed by atoms with E-state index in [1.807, 2.05) is 6.92 Å². The number of nitrogens with one attached hydrogen (secondary N) is 1. The second kappa shape index (κ2) is 5.77. The third-order valence-electron chi connectivity index (χ3n) is 4.71. The maximum Gasteiger partial charge on any atom is 0.197 e. The van der Waals surface area contributed by atoms with Crippen LogP contribution in [0.2, 0.25) is 0 Å². The normalized spacial score (nSPS) is 29.6. The number of hydrogen-bond acceptors (Lipinski definition) is 6. The summed E-state index contributed by atoms with van der Waals surface area (Å²) < 4.78 is 9.75. The maximum atomic E-state index is 5.84. The summed E-state index contributed by atoms with van der Waals surface area (Å²) in [6.07, 6.45) is 5.35. The molecule has 3 rings (SSSR count). The highest BCUT2D eigenvalue weighted by molar-refractivity contribution is 7.11. The molecule has 20 heavy (non-hydrogen) atoms. The molecule has 0 aromatic carbocycles. The second-order valence-electron chi connectivity index (χ2n) is 5.93. The van der Waals surface area contributed by atoms with Gasteiger partial charge in [0.25, 0.3) is 0 Å². The first-order valence-corrected chi connectivity index (χ1v) is 8.30. The number of anilines is 2. The lowest BCUT2D eigenvalue weighted by atomic mass is 9.91. The number of rotatable bonds is 5. The zero-order valence-electron chi connectivity index (χ0n) is 12.3. The van der Waals surface area contributed by atoms with Crippen LogP contribution in [-0.4, -0.2) is 41.6 Å². The van der Waals surface area contributed by atoms with E-state index in [1.165, 1.54) is 37.2 Å². The minimum atomic E-state index is 0.503. The van der Waals surface area contributed by atoms with Crippen molar-refractivity contribution >= 4 is 22.4 Å². The lowest BCUT2D eigenvalue weighted by Gasteiger charge is -2.36. The standard InChI is InChI=1S/C14H24N4OS/c1-3-19-12-13(15)17-20-14(12)16-8-9-6-10-4-5-11(7-9)18(10)2/h9-11,16H,3-8H2,1-2H3,(H2,15,17). The van der Waals surface area contributed by atoms with Gasteiger partial charge >= 0.3 is 0 Å². The van der Waals surface area contributed by atoms with Crippen LogP contribution in [0, 0.1) is 5.92 Å². The van der Waals surface area contributed by atoms with Crippen LogP contribution < -0.4 is 15.8 Å². The van der Waals surface area contributed by atoms with E-state index in [4.69, 9.17) is 10.5 Å². The van der Waals surface area contributed by atoms with Crippen molar-refractivity contribution in [1.82, 2.24) is 9.27 Å². The Morgan fingerprint density at radius 1 is 1.40 bits per heavy atom. The van der Waals surface area contributed by atoms with Gasteiger partial charge in [0.1, 0.15) is 0 Å². The van der Waals surface area contributed by atoms with Gasteiger partial charge in [0.15, 0.2) is 16.6 Å². The molecule has 0 amide bonds. The number of nitrogen functional groups attached to an aromatic ring is 1. The Bertz CT molecular complexity index is 450. The Balaban J connectivity index is 1.58. The molecule has 5 nitrogen and oxygen atoms in total. The van der Waals surface area contributed by atoms with E-state index in [-0.39, 0.29) is 0 Å². The summed E-state index contributed by atoms with van der Waals surface area (Å²) >= 11 is 1.40. The van der Waals surface area contributed by atoms with Crippen LogP contribution in [0.5, 0.6) is 5.75 Å². The van der Waals surface area contributed by atoms with Gasteiger partial charge in [-0.2, -0.15) is 4.37 Å². The summed E-state index contributed by atoms with van der Waals surface area (Å²) in [5.41, 5.74) is 5.84. The molecule has 0 saturated carbocycles. The molecule has 2 atom stereocenters. The number of piperidine rings is 1. The molecule has 2 aliphatic heterocycles. The lowest BCUT2D eigenvalue weighted by molar-refractivity contribution is 0.139. The van der Waals surface area contributed by atoms with Gasteiger partial charge in [-0.05, 0) is 57.1 Å². The molecule has 0 spiro atoms. The monoisotopic (exact) mass is 296 g/mol. The fraction of sp³-hybridized carbons (Fsp3) is 0.786. The van der Waals surface area contributed by atoms with Gasteiger partial charge in [-0.25, -0.2) is 0 Å². The van der Waals surface area contributed by atoms with Crippen molar-refractivity contribution in [3.63, 3.8) is 0 Å². The Kier molecular flexibility index (Phi) is 4.03. The van der Waals surface area contributed by atoms with Gasteiger partial charge in [0, 0.05) is 18.6 Å². The van der Waals surface area contributed by atoms with Gasteiger partial charge in [-0.1, -0.05) is 0 Å². The number of ether oxygens (including phenoxy) is 1. The average Bonchev–Trinajstić information content (AvgIpc) is 2.86. The summed E-state index contributed by atoms with van der Waals surface area (Å²) in [4.78, 5) is 2.58. The van der Waals surface area contributed by atoms with Crippen LogP contribution in [0.25, 0.3) is 0 Å². The molecule has 0 radical (unpaired) electrons. The topological polar surface area (TPSA) is 63.4 Å². The quantitative estimate of drug-likeness (QED) is 0.873. The number of aromatic nitrogens is 1. The molecule has 2 fully saturated rings. The molecule has 1 aromatic rings. The minimum Gasteiger partial charge on any atom is -0.487 e. The largest absolute Gasteiger partial charge is 0.487 e. The van der Waals surface area contributed by atoms with E-state index in [9.17, 15) is 0 Å². The number of nitrogens with zero attached hydrogens (tertiary/aromatic N) is 2. The van der Waals surface area contributed by atoms with Crippen molar-refractivity contribution in [2.24, 2.45) is 5.92 Å². The predicted molar refractivity (Wildman–Crippen MR) is 83.5 cm³/mol. The molecule has 112 valence electrons. The van der Waals surface area contributed by atoms with Crippen LogP contribution in [0.15, 0.2) is 0 Å². The molecule has 2 saturated heterocycles. The van der Waals surface area contributed by atoms with Gasteiger partial charge in [0.2, 0.25) is 0 Å². The third kappa shape index (κ3) is 2.59. The molecular formula is C14H24N4OS. The molecule has 3 heterocycles. The molecule has 2 aliphatic rings. The Hall–Kier alpha value is -1.01. The summed E-state index contributed by atoms with van der Waals surface area (Å²) in [5, 5.41) is 4.49.